The van der Waals surface area contributed by atoms with Crippen molar-refractivity contribution in [3.8, 4) is 0 Å². The molecule has 20 heavy (non-hydrogen) atoms. The standard InChI is InChI=1S/C17H21ClN2/c1-3-15(19)11-13-9-10-14(18)12-17(13)20(2)16-7-5-4-6-8-16/h4-10,12,15H,3,11,19H2,1-2H3. The molecule has 0 bridgehead atoms. The van der Waals surface area contributed by atoms with Crippen molar-refractivity contribution in [2.75, 3.05) is 11.9 Å². The van der Waals surface area contributed by atoms with Gasteiger partial charge >= 0.3 is 0 Å². The van der Waals surface area contributed by atoms with Crippen molar-refractivity contribution in [3.05, 3.63) is 59.1 Å². The van der Waals surface area contributed by atoms with Gasteiger partial charge in [-0.05, 0) is 42.7 Å². The molecule has 0 aliphatic carbocycles. The summed E-state index contributed by atoms with van der Waals surface area (Å²) in [6.07, 6.45) is 1.83. The Morgan fingerprint density at radius 1 is 1.15 bits per heavy atom. The van der Waals surface area contributed by atoms with E-state index in [4.69, 9.17) is 17.3 Å². The first kappa shape index (κ1) is 14.9. The van der Waals surface area contributed by atoms with Crippen molar-refractivity contribution in [1.29, 1.82) is 0 Å². The van der Waals surface area contributed by atoms with Gasteiger partial charge in [0.15, 0.2) is 0 Å². The normalized spacial score (nSPS) is 12.2. The molecule has 0 saturated carbocycles. The molecule has 0 heterocycles. The molecule has 2 nitrogen and oxygen atoms in total. The summed E-state index contributed by atoms with van der Waals surface area (Å²) >= 11 is 6.16. The molecule has 0 radical (unpaired) electrons. The summed E-state index contributed by atoms with van der Waals surface area (Å²) < 4.78 is 0. The highest BCUT2D eigenvalue weighted by atomic mass is 35.5. The first-order chi connectivity index (χ1) is 9.61. The number of anilines is 2. The quantitative estimate of drug-likeness (QED) is 0.884. The second kappa shape index (κ2) is 6.78. The van der Waals surface area contributed by atoms with Crippen LogP contribution < -0.4 is 10.6 Å². The average Bonchev–Trinajstić information content (AvgIpc) is 2.49. The largest absolute Gasteiger partial charge is 0.344 e. The number of nitrogens with zero attached hydrogens (tertiary/aromatic N) is 1. The van der Waals surface area contributed by atoms with Crippen molar-refractivity contribution in [2.45, 2.75) is 25.8 Å². The first-order valence-electron chi connectivity index (χ1n) is 6.94. The number of para-hydroxylation sites is 1. The molecule has 1 atom stereocenters. The van der Waals surface area contributed by atoms with Gasteiger partial charge in [-0.3, -0.25) is 0 Å². The van der Waals surface area contributed by atoms with Gasteiger partial charge in [0.05, 0.1) is 0 Å². The second-order valence-electron chi connectivity index (χ2n) is 5.04. The number of hydrogen-bond donors (Lipinski definition) is 1. The van der Waals surface area contributed by atoms with Gasteiger partial charge in [0.1, 0.15) is 0 Å². The van der Waals surface area contributed by atoms with Crippen LogP contribution >= 0.6 is 11.6 Å². The first-order valence-corrected chi connectivity index (χ1v) is 7.32. The highest BCUT2D eigenvalue weighted by Gasteiger charge is 2.12. The SMILES string of the molecule is CCC(N)Cc1ccc(Cl)cc1N(C)c1ccccc1. The highest BCUT2D eigenvalue weighted by molar-refractivity contribution is 6.30. The molecule has 0 aliphatic rings. The molecular weight excluding hydrogens is 268 g/mol. The second-order valence-corrected chi connectivity index (χ2v) is 5.48. The van der Waals surface area contributed by atoms with Crippen LogP contribution in [0.15, 0.2) is 48.5 Å². The van der Waals surface area contributed by atoms with E-state index in [0.29, 0.717) is 0 Å². The lowest BCUT2D eigenvalue weighted by Crippen LogP contribution is -2.23. The van der Waals surface area contributed by atoms with Crippen LogP contribution in [0.2, 0.25) is 5.02 Å². The van der Waals surface area contributed by atoms with Crippen LogP contribution in [-0.2, 0) is 6.42 Å². The lowest BCUT2D eigenvalue weighted by atomic mass is 10.0. The fourth-order valence-corrected chi connectivity index (χ4v) is 2.41. The van der Waals surface area contributed by atoms with Crippen LogP contribution in [-0.4, -0.2) is 13.1 Å². The Morgan fingerprint density at radius 2 is 1.85 bits per heavy atom. The summed E-state index contributed by atoms with van der Waals surface area (Å²) in [6, 6.07) is 16.5. The zero-order chi connectivity index (χ0) is 14.5. The van der Waals surface area contributed by atoms with Crippen molar-refractivity contribution in [2.24, 2.45) is 5.73 Å². The van der Waals surface area contributed by atoms with E-state index in [1.165, 1.54) is 5.56 Å². The third-order valence-corrected chi connectivity index (χ3v) is 3.79. The monoisotopic (exact) mass is 288 g/mol. The smallest absolute Gasteiger partial charge is 0.0456 e. The summed E-state index contributed by atoms with van der Waals surface area (Å²) in [5.41, 5.74) is 9.59. The molecule has 0 aromatic heterocycles. The van der Waals surface area contributed by atoms with Crippen molar-refractivity contribution < 1.29 is 0 Å². The average molecular weight is 289 g/mol. The molecule has 3 heteroatoms. The zero-order valence-electron chi connectivity index (χ0n) is 12.0. The molecule has 2 N–H and O–H groups in total. The van der Waals surface area contributed by atoms with Crippen LogP contribution in [0.1, 0.15) is 18.9 Å². The summed E-state index contributed by atoms with van der Waals surface area (Å²) in [5.74, 6) is 0. The highest BCUT2D eigenvalue weighted by Crippen LogP contribution is 2.30. The number of hydrogen-bond acceptors (Lipinski definition) is 2. The Labute approximate surface area is 126 Å². The van der Waals surface area contributed by atoms with E-state index in [2.05, 4.69) is 37.1 Å². The van der Waals surface area contributed by atoms with Gasteiger partial charge in [-0.2, -0.15) is 0 Å². The fourth-order valence-electron chi connectivity index (χ4n) is 2.24. The Bertz CT molecular complexity index is 554. The molecular formula is C17H21ClN2. The van der Waals surface area contributed by atoms with Gasteiger partial charge in [0, 0.05) is 29.5 Å². The maximum Gasteiger partial charge on any atom is 0.0456 e. The summed E-state index contributed by atoms with van der Waals surface area (Å²) in [4.78, 5) is 2.16. The van der Waals surface area contributed by atoms with Gasteiger partial charge in [-0.15, -0.1) is 0 Å². The van der Waals surface area contributed by atoms with E-state index < -0.39 is 0 Å². The Hall–Kier alpha value is -1.51. The van der Waals surface area contributed by atoms with Gasteiger partial charge in [-0.1, -0.05) is 42.8 Å². The van der Waals surface area contributed by atoms with Gasteiger partial charge < -0.3 is 10.6 Å². The predicted octanol–water partition coefficient (Wildman–Crippen LogP) is 4.39. The van der Waals surface area contributed by atoms with Crippen molar-refractivity contribution in [3.63, 3.8) is 0 Å². The Balaban J connectivity index is 2.36. The summed E-state index contributed by atoms with van der Waals surface area (Å²) in [5, 5.41) is 0.747. The van der Waals surface area contributed by atoms with Gasteiger partial charge in [-0.25, -0.2) is 0 Å². The molecule has 0 saturated heterocycles. The summed E-state index contributed by atoms with van der Waals surface area (Å²) in [6.45, 7) is 2.11. The molecule has 0 amide bonds. The van der Waals surface area contributed by atoms with E-state index >= 15 is 0 Å². The topological polar surface area (TPSA) is 29.3 Å². The van der Waals surface area contributed by atoms with E-state index in [1.807, 2.05) is 30.3 Å². The van der Waals surface area contributed by atoms with Crippen LogP contribution in [0.3, 0.4) is 0 Å². The zero-order valence-corrected chi connectivity index (χ0v) is 12.8. The van der Waals surface area contributed by atoms with Crippen LogP contribution in [0, 0.1) is 0 Å². The molecule has 106 valence electrons. The third kappa shape index (κ3) is 3.53. The lowest BCUT2D eigenvalue weighted by molar-refractivity contribution is 0.646. The number of benzene rings is 2. The summed E-state index contributed by atoms with van der Waals surface area (Å²) in [7, 11) is 2.06. The maximum absolute atomic E-state index is 6.16. The minimum Gasteiger partial charge on any atom is -0.344 e. The molecule has 0 aliphatic heterocycles. The molecule has 2 aromatic rings. The molecule has 0 fully saturated rings. The molecule has 0 spiro atoms. The van der Waals surface area contributed by atoms with Crippen LogP contribution in [0.5, 0.6) is 0 Å². The minimum absolute atomic E-state index is 0.180. The van der Waals surface area contributed by atoms with E-state index in [-0.39, 0.29) is 6.04 Å². The van der Waals surface area contributed by atoms with Gasteiger partial charge in [0.2, 0.25) is 0 Å². The Morgan fingerprint density at radius 3 is 2.50 bits per heavy atom. The predicted molar refractivity (Wildman–Crippen MR) is 87.9 cm³/mol. The van der Waals surface area contributed by atoms with Crippen LogP contribution in [0.4, 0.5) is 11.4 Å². The third-order valence-electron chi connectivity index (χ3n) is 3.56. The molecule has 1 unspecified atom stereocenters. The molecule has 2 rings (SSSR count). The van der Waals surface area contributed by atoms with E-state index in [1.54, 1.807) is 0 Å². The van der Waals surface area contributed by atoms with E-state index in [0.717, 1.165) is 29.2 Å². The molecule has 2 aromatic carbocycles. The van der Waals surface area contributed by atoms with Crippen LogP contribution in [0.25, 0.3) is 0 Å². The number of halogens is 1. The number of rotatable bonds is 5. The lowest BCUT2D eigenvalue weighted by Gasteiger charge is -2.24. The van der Waals surface area contributed by atoms with Gasteiger partial charge in [0.25, 0.3) is 0 Å². The van der Waals surface area contributed by atoms with Crippen molar-refractivity contribution >= 4 is 23.0 Å². The minimum atomic E-state index is 0.180. The number of nitrogens with two attached hydrogens (primary N) is 1. The van der Waals surface area contributed by atoms with E-state index in [9.17, 15) is 0 Å². The fraction of sp³-hybridized carbons (Fsp3) is 0.294. The van der Waals surface area contributed by atoms with Crippen molar-refractivity contribution in [1.82, 2.24) is 0 Å². The maximum atomic E-state index is 6.16. The Kier molecular flexibility index (Phi) is 5.05.